The van der Waals surface area contributed by atoms with E-state index in [1.54, 1.807) is 0 Å². The van der Waals surface area contributed by atoms with E-state index in [9.17, 15) is 0 Å². The number of aryl methyl sites for hydroxylation is 1. The molecule has 0 atom stereocenters. The second-order valence-corrected chi connectivity index (χ2v) is 4.39. The first kappa shape index (κ1) is 12.6. The van der Waals surface area contributed by atoms with Crippen molar-refractivity contribution in [2.45, 2.75) is 20.0 Å². The van der Waals surface area contributed by atoms with Crippen molar-refractivity contribution in [1.82, 2.24) is 15.0 Å². The Balaban J connectivity index is 1.96. The molecule has 1 heterocycles. The molecule has 0 saturated carbocycles. The lowest BCUT2D eigenvalue weighted by Gasteiger charge is -2.21. The van der Waals surface area contributed by atoms with E-state index >= 15 is 0 Å². The summed E-state index contributed by atoms with van der Waals surface area (Å²) in [5.74, 6) is 0. The van der Waals surface area contributed by atoms with E-state index in [4.69, 9.17) is 5.73 Å². The van der Waals surface area contributed by atoms with Crippen LogP contribution in [-0.4, -0.2) is 28.6 Å². The van der Waals surface area contributed by atoms with Crippen LogP contribution in [0.1, 0.15) is 11.3 Å². The van der Waals surface area contributed by atoms with Gasteiger partial charge >= 0.3 is 0 Å². The van der Waals surface area contributed by atoms with E-state index in [0.29, 0.717) is 6.54 Å². The second kappa shape index (κ2) is 5.64. The van der Waals surface area contributed by atoms with Crippen molar-refractivity contribution in [3.63, 3.8) is 0 Å². The van der Waals surface area contributed by atoms with Crippen molar-refractivity contribution in [2.75, 3.05) is 18.5 Å². The number of hydrogen-bond acceptors (Lipinski definition) is 4. The molecular weight excluding hydrogens is 226 g/mol. The third kappa shape index (κ3) is 2.87. The molecule has 0 aliphatic carbocycles. The minimum Gasteiger partial charge on any atom is -0.373 e. The van der Waals surface area contributed by atoms with E-state index in [0.717, 1.165) is 18.8 Å². The highest BCUT2D eigenvalue weighted by Gasteiger charge is 2.04. The fourth-order valence-electron chi connectivity index (χ4n) is 1.91. The van der Waals surface area contributed by atoms with Crippen LogP contribution in [0.3, 0.4) is 0 Å². The molecule has 0 bridgehead atoms. The summed E-state index contributed by atoms with van der Waals surface area (Å²) in [5.41, 5.74) is 8.86. The number of likely N-dealkylation sites (N-methyl/N-ethyl adjacent to an activating group) is 1. The largest absolute Gasteiger partial charge is 0.373 e. The predicted molar refractivity (Wildman–Crippen MR) is 72.4 cm³/mol. The molecule has 0 unspecified atom stereocenters. The summed E-state index contributed by atoms with van der Waals surface area (Å²) >= 11 is 0. The zero-order valence-corrected chi connectivity index (χ0v) is 10.9. The topological polar surface area (TPSA) is 60.0 Å². The minimum atomic E-state index is 0.438. The Hall–Kier alpha value is -1.88. The lowest BCUT2D eigenvalue weighted by atomic mass is 10.2. The lowest BCUT2D eigenvalue weighted by Crippen LogP contribution is -2.23. The van der Waals surface area contributed by atoms with Crippen molar-refractivity contribution in [1.29, 1.82) is 0 Å². The summed E-state index contributed by atoms with van der Waals surface area (Å²) in [5, 5.41) is 8.01. The monoisotopic (exact) mass is 245 g/mol. The number of nitrogens with zero attached hydrogens (tertiary/aromatic N) is 4. The minimum absolute atomic E-state index is 0.438. The first-order chi connectivity index (χ1) is 8.70. The number of hydrogen-bond donors (Lipinski definition) is 1. The molecule has 1 aromatic carbocycles. The first-order valence-electron chi connectivity index (χ1n) is 6.06. The first-order valence-corrected chi connectivity index (χ1v) is 6.06. The van der Waals surface area contributed by atoms with Crippen LogP contribution in [-0.2, 0) is 13.1 Å². The van der Waals surface area contributed by atoms with Gasteiger partial charge in [-0.05, 0) is 18.6 Å². The number of para-hydroxylation sites is 1. The number of aromatic nitrogens is 3. The second-order valence-electron chi connectivity index (χ2n) is 4.39. The van der Waals surface area contributed by atoms with Gasteiger partial charge in [-0.3, -0.25) is 4.68 Å². The van der Waals surface area contributed by atoms with Gasteiger partial charge in [0.2, 0.25) is 0 Å². The van der Waals surface area contributed by atoms with Gasteiger partial charge in [-0.15, -0.1) is 5.10 Å². The van der Waals surface area contributed by atoms with Crippen molar-refractivity contribution in [3.8, 4) is 0 Å². The van der Waals surface area contributed by atoms with Crippen molar-refractivity contribution >= 4 is 5.69 Å². The van der Waals surface area contributed by atoms with Crippen LogP contribution >= 0.6 is 0 Å². The van der Waals surface area contributed by atoms with E-state index in [1.807, 2.05) is 10.9 Å². The highest BCUT2D eigenvalue weighted by atomic mass is 15.4. The average Bonchev–Trinajstić information content (AvgIpc) is 2.84. The van der Waals surface area contributed by atoms with Gasteiger partial charge < -0.3 is 10.6 Å². The Morgan fingerprint density at radius 3 is 2.78 bits per heavy atom. The van der Waals surface area contributed by atoms with Gasteiger partial charge in [0.1, 0.15) is 0 Å². The maximum atomic E-state index is 5.50. The molecule has 0 aliphatic rings. The lowest BCUT2D eigenvalue weighted by molar-refractivity contribution is 0.587. The summed E-state index contributed by atoms with van der Waals surface area (Å²) < 4.78 is 1.83. The number of nitrogens with two attached hydrogens (primary N) is 1. The summed E-state index contributed by atoms with van der Waals surface area (Å²) in [7, 11) is 2.09. The van der Waals surface area contributed by atoms with Crippen molar-refractivity contribution in [2.24, 2.45) is 5.73 Å². The molecule has 0 spiro atoms. The fraction of sp³-hybridized carbons (Fsp3) is 0.385. The molecule has 2 rings (SSSR count). The van der Waals surface area contributed by atoms with Crippen LogP contribution in [0.15, 0.2) is 30.5 Å². The predicted octanol–water partition coefficient (Wildman–Crippen LogP) is 1.18. The molecule has 0 amide bonds. The van der Waals surface area contributed by atoms with Crippen molar-refractivity contribution in [3.05, 3.63) is 41.7 Å². The van der Waals surface area contributed by atoms with E-state index in [1.165, 1.54) is 11.3 Å². The van der Waals surface area contributed by atoms with Gasteiger partial charge in [0.15, 0.2) is 0 Å². The van der Waals surface area contributed by atoms with E-state index in [2.05, 4.69) is 53.4 Å². The Kier molecular flexibility index (Phi) is 3.94. The summed E-state index contributed by atoms with van der Waals surface area (Å²) in [6.07, 6.45) is 1.89. The Bertz CT molecular complexity index is 506. The molecule has 18 heavy (non-hydrogen) atoms. The molecule has 0 fully saturated rings. The molecule has 0 saturated heterocycles. The number of rotatable bonds is 5. The van der Waals surface area contributed by atoms with Crippen LogP contribution in [0.25, 0.3) is 0 Å². The van der Waals surface area contributed by atoms with Gasteiger partial charge in [0.05, 0.1) is 12.2 Å². The Labute approximate surface area is 107 Å². The summed E-state index contributed by atoms with van der Waals surface area (Å²) in [4.78, 5) is 2.22. The quantitative estimate of drug-likeness (QED) is 0.859. The summed E-state index contributed by atoms with van der Waals surface area (Å²) in [6, 6.07) is 8.36. The van der Waals surface area contributed by atoms with Gasteiger partial charge in [0, 0.05) is 32.0 Å². The third-order valence-electron chi connectivity index (χ3n) is 2.99. The smallest absolute Gasteiger partial charge is 0.0962 e. The molecule has 5 nitrogen and oxygen atoms in total. The molecule has 0 radical (unpaired) electrons. The maximum absolute atomic E-state index is 5.50. The molecule has 0 aliphatic heterocycles. The molecule has 96 valence electrons. The zero-order chi connectivity index (χ0) is 13.0. The van der Waals surface area contributed by atoms with Crippen LogP contribution in [0.2, 0.25) is 0 Å². The van der Waals surface area contributed by atoms with Crippen LogP contribution in [0.4, 0.5) is 5.69 Å². The Morgan fingerprint density at radius 1 is 1.33 bits per heavy atom. The van der Waals surface area contributed by atoms with Gasteiger partial charge in [-0.25, -0.2) is 0 Å². The zero-order valence-electron chi connectivity index (χ0n) is 10.9. The molecule has 2 N–H and O–H groups in total. The highest BCUT2D eigenvalue weighted by molar-refractivity contribution is 5.52. The molecule has 1 aromatic heterocycles. The van der Waals surface area contributed by atoms with Crippen LogP contribution in [0, 0.1) is 6.92 Å². The maximum Gasteiger partial charge on any atom is 0.0962 e. The fourth-order valence-corrected chi connectivity index (χ4v) is 1.91. The van der Waals surface area contributed by atoms with Gasteiger partial charge in [0.25, 0.3) is 0 Å². The van der Waals surface area contributed by atoms with Crippen LogP contribution in [0.5, 0.6) is 0 Å². The SMILES string of the molecule is Cc1ccccc1N(C)CCn1cc(CN)nn1. The van der Waals surface area contributed by atoms with Gasteiger partial charge in [-0.2, -0.15) is 0 Å². The third-order valence-corrected chi connectivity index (χ3v) is 2.99. The van der Waals surface area contributed by atoms with E-state index < -0.39 is 0 Å². The van der Waals surface area contributed by atoms with E-state index in [-0.39, 0.29) is 0 Å². The highest BCUT2D eigenvalue weighted by Crippen LogP contribution is 2.17. The molecule has 5 heteroatoms. The normalized spacial score (nSPS) is 10.6. The number of benzene rings is 1. The Morgan fingerprint density at radius 2 is 2.11 bits per heavy atom. The summed E-state index contributed by atoms with van der Waals surface area (Å²) in [6.45, 7) is 4.25. The standard InChI is InChI=1S/C13H19N5/c1-11-5-3-4-6-13(11)17(2)7-8-18-10-12(9-14)15-16-18/h3-6,10H,7-9,14H2,1-2H3. The molecule has 2 aromatic rings. The van der Waals surface area contributed by atoms with Gasteiger partial charge in [-0.1, -0.05) is 23.4 Å². The number of anilines is 1. The van der Waals surface area contributed by atoms with Crippen molar-refractivity contribution < 1.29 is 0 Å². The molecular formula is C13H19N5. The van der Waals surface area contributed by atoms with Crippen LogP contribution < -0.4 is 10.6 Å². The average molecular weight is 245 g/mol.